The molecule has 0 aliphatic rings. The standard InChI is InChI=1S/C19H21N3O4S2/c1-11(2)14-8-15(17(24)9-16(14)23)18-20-21-19(27)22(18)10-12-4-6-13(7-5-12)28(3,25)26/h4-9,11,23-24H,10H2,1-3H3,(H,21,27). The van der Waals surface area contributed by atoms with E-state index in [9.17, 15) is 18.6 Å². The van der Waals surface area contributed by atoms with Gasteiger partial charge in [-0.05, 0) is 35.2 Å². The van der Waals surface area contributed by atoms with Crippen molar-refractivity contribution in [3.8, 4) is 22.9 Å². The summed E-state index contributed by atoms with van der Waals surface area (Å²) < 4.78 is 24.9. The minimum atomic E-state index is -3.27. The Bertz CT molecular complexity index is 1120. The molecule has 1 heterocycles. The molecule has 2 aromatic carbocycles. The summed E-state index contributed by atoms with van der Waals surface area (Å²) in [5.74, 6) is 0.354. The topological polar surface area (TPSA) is 105 Å². The first kappa shape index (κ1) is 20.2. The molecule has 148 valence electrons. The third-order valence-corrected chi connectivity index (χ3v) is 5.89. The van der Waals surface area contributed by atoms with E-state index in [-0.39, 0.29) is 22.3 Å². The Hall–Kier alpha value is -2.52. The molecule has 0 unspecified atom stereocenters. The zero-order valence-electron chi connectivity index (χ0n) is 15.7. The van der Waals surface area contributed by atoms with E-state index in [4.69, 9.17) is 0 Å². The molecule has 0 atom stereocenters. The molecular formula is C19H21N3O4S2. The van der Waals surface area contributed by atoms with Crippen LogP contribution in [0.5, 0.6) is 11.5 Å². The fourth-order valence-electron chi connectivity index (χ4n) is 2.90. The van der Waals surface area contributed by atoms with Gasteiger partial charge in [-0.15, -0.1) is 22.8 Å². The lowest BCUT2D eigenvalue weighted by Gasteiger charge is -2.14. The van der Waals surface area contributed by atoms with Gasteiger partial charge in [0.25, 0.3) is 0 Å². The number of phenolic OH excluding ortho intramolecular Hbond substituents is 2. The lowest BCUT2D eigenvalue weighted by Crippen LogP contribution is -2.04. The molecule has 0 fully saturated rings. The second kappa shape index (κ2) is 7.48. The van der Waals surface area contributed by atoms with Gasteiger partial charge in [-0.3, -0.25) is 4.57 Å². The maximum absolute atomic E-state index is 11.6. The van der Waals surface area contributed by atoms with Crippen molar-refractivity contribution in [2.24, 2.45) is 0 Å². The Morgan fingerprint density at radius 2 is 1.71 bits per heavy atom. The monoisotopic (exact) mass is 419 g/mol. The number of hydrogen-bond donors (Lipinski definition) is 3. The SMILES string of the molecule is CC(C)c1cc(-c2nnc(S)n2Cc2ccc(S(C)(=O)=O)cc2)c(O)cc1O. The van der Waals surface area contributed by atoms with E-state index in [1.165, 1.54) is 6.07 Å². The van der Waals surface area contributed by atoms with E-state index >= 15 is 0 Å². The van der Waals surface area contributed by atoms with Crippen molar-refractivity contribution in [3.05, 3.63) is 47.5 Å². The largest absolute Gasteiger partial charge is 0.508 e. The lowest BCUT2D eigenvalue weighted by molar-refractivity contribution is 0.444. The molecule has 0 aliphatic heterocycles. The Kier molecular flexibility index (Phi) is 5.40. The quantitative estimate of drug-likeness (QED) is 0.549. The zero-order valence-corrected chi connectivity index (χ0v) is 17.4. The smallest absolute Gasteiger partial charge is 0.188 e. The van der Waals surface area contributed by atoms with Crippen LogP contribution in [0.15, 0.2) is 46.5 Å². The van der Waals surface area contributed by atoms with Crippen molar-refractivity contribution in [1.82, 2.24) is 14.8 Å². The van der Waals surface area contributed by atoms with E-state index in [0.717, 1.165) is 11.8 Å². The number of thiol groups is 1. The van der Waals surface area contributed by atoms with Crippen LogP contribution in [0.1, 0.15) is 30.9 Å². The highest BCUT2D eigenvalue weighted by atomic mass is 32.2. The van der Waals surface area contributed by atoms with Crippen LogP contribution in [-0.2, 0) is 16.4 Å². The maximum atomic E-state index is 11.6. The lowest BCUT2D eigenvalue weighted by atomic mass is 9.98. The van der Waals surface area contributed by atoms with Crippen molar-refractivity contribution in [1.29, 1.82) is 0 Å². The number of hydrogen-bond acceptors (Lipinski definition) is 7. The summed E-state index contributed by atoms with van der Waals surface area (Å²) in [6.07, 6.45) is 1.16. The van der Waals surface area contributed by atoms with Crippen molar-refractivity contribution in [2.75, 3.05) is 6.26 Å². The third kappa shape index (κ3) is 4.00. The average molecular weight is 420 g/mol. The van der Waals surface area contributed by atoms with Gasteiger partial charge in [-0.2, -0.15) is 0 Å². The van der Waals surface area contributed by atoms with Crippen LogP contribution in [0.4, 0.5) is 0 Å². The van der Waals surface area contributed by atoms with E-state index < -0.39 is 9.84 Å². The van der Waals surface area contributed by atoms with E-state index in [0.29, 0.717) is 28.7 Å². The van der Waals surface area contributed by atoms with Crippen LogP contribution in [0.25, 0.3) is 11.4 Å². The molecule has 0 aliphatic carbocycles. The number of aromatic nitrogens is 3. The fraction of sp³-hybridized carbons (Fsp3) is 0.263. The second-order valence-electron chi connectivity index (χ2n) is 6.91. The van der Waals surface area contributed by atoms with Gasteiger partial charge < -0.3 is 10.2 Å². The highest BCUT2D eigenvalue weighted by Gasteiger charge is 2.19. The van der Waals surface area contributed by atoms with Gasteiger partial charge in [-0.1, -0.05) is 26.0 Å². The van der Waals surface area contributed by atoms with Crippen molar-refractivity contribution < 1.29 is 18.6 Å². The number of phenols is 2. The first-order chi connectivity index (χ1) is 13.1. The maximum Gasteiger partial charge on any atom is 0.188 e. The highest BCUT2D eigenvalue weighted by molar-refractivity contribution is 7.90. The first-order valence-corrected chi connectivity index (χ1v) is 10.9. The minimum Gasteiger partial charge on any atom is -0.508 e. The molecule has 3 aromatic rings. The predicted molar refractivity (Wildman–Crippen MR) is 109 cm³/mol. The Morgan fingerprint density at radius 1 is 1.07 bits per heavy atom. The van der Waals surface area contributed by atoms with Crippen LogP contribution >= 0.6 is 12.6 Å². The average Bonchev–Trinajstić information content (AvgIpc) is 2.95. The Morgan fingerprint density at radius 3 is 2.29 bits per heavy atom. The van der Waals surface area contributed by atoms with Crippen molar-refractivity contribution in [2.45, 2.75) is 36.4 Å². The molecule has 7 nitrogen and oxygen atoms in total. The molecule has 28 heavy (non-hydrogen) atoms. The molecule has 0 saturated carbocycles. The van der Waals surface area contributed by atoms with E-state index in [1.54, 1.807) is 34.9 Å². The molecule has 0 spiro atoms. The molecular weight excluding hydrogens is 398 g/mol. The van der Waals surface area contributed by atoms with E-state index in [1.807, 2.05) is 13.8 Å². The van der Waals surface area contributed by atoms with Crippen LogP contribution in [-0.4, -0.2) is 39.7 Å². The van der Waals surface area contributed by atoms with Crippen LogP contribution in [0.3, 0.4) is 0 Å². The second-order valence-corrected chi connectivity index (χ2v) is 9.32. The Labute approximate surface area is 169 Å². The van der Waals surface area contributed by atoms with Crippen molar-refractivity contribution in [3.63, 3.8) is 0 Å². The summed E-state index contributed by atoms with van der Waals surface area (Å²) in [6, 6.07) is 9.50. The van der Waals surface area contributed by atoms with Gasteiger partial charge in [0.05, 0.1) is 17.0 Å². The third-order valence-electron chi connectivity index (χ3n) is 4.43. The first-order valence-electron chi connectivity index (χ1n) is 8.55. The minimum absolute atomic E-state index is 0.0183. The van der Waals surface area contributed by atoms with Gasteiger partial charge >= 0.3 is 0 Å². The van der Waals surface area contributed by atoms with Crippen LogP contribution in [0, 0.1) is 0 Å². The van der Waals surface area contributed by atoms with Gasteiger partial charge in [0, 0.05) is 12.3 Å². The summed E-state index contributed by atoms with van der Waals surface area (Å²) >= 11 is 4.35. The fourth-order valence-corrected chi connectivity index (χ4v) is 3.74. The van der Waals surface area contributed by atoms with Crippen molar-refractivity contribution >= 4 is 22.5 Å². The molecule has 0 amide bonds. The summed E-state index contributed by atoms with van der Waals surface area (Å²) in [4.78, 5) is 0.240. The predicted octanol–water partition coefficient (Wildman–Crippen LogP) is 3.22. The number of rotatable bonds is 5. The summed E-state index contributed by atoms with van der Waals surface area (Å²) in [5.41, 5.74) is 1.94. The number of nitrogens with zero attached hydrogens (tertiary/aromatic N) is 3. The zero-order chi connectivity index (χ0) is 20.6. The molecule has 2 N–H and O–H groups in total. The molecule has 0 saturated heterocycles. The Balaban J connectivity index is 2.03. The summed E-state index contributed by atoms with van der Waals surface area (Å²) in [7, 11) is -3.27. The normalized spacial score (nSPS) is 11.9. The van der Waals surface area contributed by atoms with Gasteiger partial charge in [0.15, 0.2) is 20.8 Å². The van der Waals surface area contributed by atoms with Gasteiger partial charge in [0.2, 0.25) is 0 Å². The van der Waals surface area contributed by atoms with Gasteiger partial charge in [-0.25, -0.2) is 8.42 Å². The van der Waals surface area contributed by atoms with Gasteiger partial charge in [0.1, 0.15) is 11.5 Å². The molecule has 0 radical (unpaired) electrons. The number of aromatic hydroxyl groups is 2. The number of sulfone groups is 1. The van der Waals surface area contributed by atoms with Crippen LogP contribution in [0.2, 0.25) is 0 Å². The number of benzene rings is 2. The molecule has 1 aromatic heterocycles. The molecule has 3 rings (SSSR count). The van der Waals surface area contributed by atoms with Crippen LogP contribution < -0.4 is 0 Å². The summed E-state index contributed by atoms with van der Waals surface area (Å²) in [6.45, 7) is 4.21. The van der Waals surface area contributed by atoms with E-state index in [2.05, 4.69) is 22.8 Å². The molecule has 9 heteroatoms. The summed E-state index contributed by atoms with van der Waals surface area (Å²) in [5, 5.41) is 28.9. The highest BCUT2D eigenvalue weighted by Crippen LogP contribution is 2.37. The molecule has 0 bridgehead atoms.